The molecule has 8 bridgehead atoms. The van der Waals surface area contributed by atoms with Gasteiger partial charge in [0.05, 0.1) is 80.8 Å². The number of rotatable bonds is 10. The Labute approximate surface area is 424 Å². The highest BCUT2D eigenvalue weighted by Crippen LogP contribution is 2.48. The van der Waals surface area contributed by atoms with E-state index >= 15 is 4.79 Å². The van der Waals surface area contributed by atoms with Gasteiger partial charge < -0.3 is 28.8 Å². The number of nitrogens with zero attached hydrogens (tertiary/aromatic N) is 6. The van der Waals surface area contributed by atoms with Crippen LogP contribution in [-0.2, 0) is 46.3 Å². The Bertz CT molecular complexity index is 2750. The van der Waals surface area contributed by atoms with E-state index < -0.39 is 59.9 Å². The van der Waals surface area contributed by atoms with Gasteiger partial charge in [0.1, 0.15) is 12.1 Å². The molecule has 0 radical (unpaired) electrons. The highest BCUT2D eigenvalue weighted by molar-refractivity contribution is 7.10. The summed E-state index contributed by atoms with van der Waals surface area (Å²) >= 11 is 1.26. The number of carbonyl (C=O) groups excluding carboxylic acids is 3. The minimum atomic E-state index is -4.44. The number of amides is 2. The van der Waals surface area contributed by atoms with Crippen LogP contribution in [0.4, 0.5) is 13.2 Å². The molecule has 1 saturated carbocycles. The highest BCUT2D eigenvalue weighted by atomic mass is 32.1. The van der Waals surface area contributed by atoms with Gasteiger partial charge in [0, 0.05) is 95.5 Å². The number of methoxy groups -OCH3 is 1. The van der Waals surface area contributed by atoms with E-state index in [0.29, 0.717) is 56.3 Å². The molecule has 5 fully saturated rings. The van der Waals surface area contributed by atoms with E-state index in [4.69, 9.17) is 28.9 Å². The minimum absolute atomic E-state index is 0.00701. The Kier molecular flexibility index (Phi) is 14.7. The Hall–Kier alpha value is -4.90. The molecule has 3 aromatic heterocycles. The van der Waals surface area contributed by atoms with E-state index in [-0.39, 0.29) is 54.1 Å². The number of fused-ring (bicyclic) bond motifs is 4. The van der Waals surface area contributed by atoms with Crippen LogP contribution in [0.2, 0.25) is 0 Å². The van der Waals surface area contributed by atoms with E-state index in [2.05, 4.69) is 72.5 Å². The number of quaternary nitrogens is 1. The number of likely N-dealkylation sites (N-methyl/N-ethyl adjacent to an activating group) is 1. The van der Waals surface area contributed by atoms with E-state index in [0.717, 1.165) is 57.6 Å². The Morgan fingerprint density at radius 1 is 1.12 bits per heavy atom. The largest absolute Gasteiger partial charge is 0.461 e. The number of aryl methyl sites for hydroxylation is 1. The van der Waals surface area contributed by atoms with Gasteiger partial charge in [0.2, 0.25) is 11.9 Å². The predicted molar refractivity (Wildman–Crippen MR) is 267 cm³/mol. The SMILES string of the molecule is CCn1c(-c2cc(C#C[C@@H](C)N3CCOCC3)cnc2[C@H](C)OC)c2c3cc(ccc31)-c1csc(n1)[C@@H](CCCC(F)(F)F)[C@H](NC(=O)[C@H]1OC[C@@H]1C)C(=O)N1C3CC(C3)[C@@H](C(=O)OCC(C)(C)C2)[N+]1(C)C. The number of thiazole rings is 1. The summed E-state index contributed by atoms with van der Waals surface area (Å²) in [5, 5.41) is 7.91. The number of pyridine rings is 1. The average molecular weight is 1020 g/mol. The molecule has 1 aromatic carbocycles. The lowest BCUT2D eigenvalue weighted by Gasteiger charge is -2.60. The minimum Gasteiger partial charge on any atom is -0.461 e. The number of hydrogen-bond donors (Lipinski definition) is 1. The van der Waals surface area contributed by atoms with Gasteiger partial charge in [-0.05, 0) is 76.6 Å². The lowest BCUT2D eigenvalue weighted by atomic mass is 9.71. The van der Waals surface area contributed by atoms with Crippen molar-refractivity contribution in [2.24, 2.45) is 17.3 Å². The van der Waals surface area contributed by atoms with E-state index in [1.165, 1.54) is 11.3 Å². The first-order chi connectivity index (χ1) is 34.2. The number of esters is 1. The monoisotopic (exact) mass is 1020 g/mol. The third-order valence-corrected chi connectivity index (χ3v) is 16.7. The van der Waals surface area contributed by atoms with Gasteiger partial charge in [-0.1, -0.05) is 38.7 Å². The molecule has 2 amide bonds. The van der Waals surface area contributed by atoms with Crippen LogP contribution in [0.3, 0.4) is 0 Å². The summed E-state index contributed by atoms with van der Waals surface area (Å²) in [5.41, 5.74) is 6.05. The molecule has 14 nitrogen and oxygen atoms in total. The number of morpholine rings is 1. The smallest absolute Gasteiger partial charge is 0.389 e. The van der Waals surface area contributed by atoms with Gasteiger partial charge in [-0.25, -0.2) is 14.4 Å². The fraction of sp³-hybridized carbons (Fsp3) is 0.611. The van der Waals surface area contributed by atoms with Gasteiger partial charge in [0.15, 0.2) is 0 Å². The number of halogens is 3. The van der Waals surface area contributed by atoms with Gasteiger partial charge in [-0.2, -0.15) is 18.2 Å². The van der Waals surface area contributed by atoms with Crippen LogP contribution in [0.1, 0.15) is 107 Å². The van der Waals surface area contributed by atoms with Crippen molar-refractivity contribution in [3.8, 4) is 34.4 Å². The number of hydrogen-bond acceptors (Lipinski definition) is 11. The molecule has 6 aliphatic rings. The Balaban J connectivity index is 1.21. The summed E-state index contributed by atoms with van der Waals surface area (Å²) in [5.74, 6) is 4.35. The van der Waals surface area contributed by atoms with E-state index in [1.54, 1.807) is 32.4 Å². The van der Waals surface area contributed by atoms with Crippen LogP contribution < -0.4 is 5.32 Å². The number of benzene rings is 1. The summed E-state index contributed by atoms with van der Waals surface area (Å²) in [4.78, 5) is 56.7. The third-order valence-electron chi connectivity index (χ3n) is 15.7. The molecule has 388 valence electrons. The first-order valence-electron chi connectivity index (χ1n) is 25.5. The second-order valence-electron chi connectivity index (χ2n) is 21.8. The molecule has 5 aliphatic heterocycles. The van der Waals surface area contributed by atoms with Crippen LogP contribution in [0, 0.1) is 29.1 Å². The average Bonchev–Trinajstić information content (AvgIpc) is 3.93. The van der Waals surface area contributed by atoms with Crippen molar-refractivity contribution in [1.82, 2.24) is 29.8 Å². The van der Waals surface area contributed by atoms with Crippen molar-refractivity contribution in [3.63, 3.8) is 0 Å². The molecule has 4 saturated heterocycles. The number of alkyl halides is 3. The molecule has 7 atom stereocenters. The van der Waals surface area contributed by atoms with Crippen molar-refractivity contribution in [1.29, 1.82) is 0 Å². The zero-order chi connectivity index (χ0) is 51.4. The molecular formula is C54H69F3N7O7S+. The summed E-state index contributed by atoms with van der Waals surface area (Å²) in [6.07, 6.45) is -3.70. The maximum absolute atomic E-state index is 15.4. The van der Waals surface area contributed by atoms with Gasteiger partial charge in [-0.15, -0.1) is 11.3 Å². The van der Waals surface area contributed by atoms with Gasteiger partial charge in [0.25, 0.3) is 5.91 Å². The fourth-order valence-corrected chi connectivity index (χ4v) is 12.7. The number of carbonyl (C=O) groups is 3. The van der Waals surface area contributed by atoms with E-state index in [9.17, 15) is 22.8 Å². The molecule has 10 rings (SSSR count). The summed E-state index contributed by atoms with van der Waals surface area (Å²) in [6.45, 7) is 16.3. The number of nitrogens with one attached hydrogen (secondary N) is 1. The molecule has 72 heavy (non-hydrogen) atoms. The van der Waals surface area contributed by atoms with Crippen molar-refractivity contribution < 1.29 is 51.1 Å². The van der Waals surface area contributed by atoms with Crippen LogP contribution in [0.25, 0.3) is 33.4 Å². The maximum Gasteiger partial charge on any atom is 0.389 e. The number of ether oxygens (including phenoxy) is 4. The van der Waals surface area contributed by atoms with Gasteiger partial charge in [-0.3, -0.25) is 19.5 Å². The summed E-state index contributed by atoms with van der Waals surface area (Å²) < 4.78 is 67.4. The fourth-order valence-electron chi connectivity index (χ4n) is 11.7. The quantitative estimate of drug-likeness (QED) is 0.0944. The second kappa shape index (κ2) is 20.4. The zero-order valence-corrected chi connectivity index (χ0v) is 43.8. The van der Waals surface area contributed by atoms with Crippen LogP contribution in [0.15, 0.2) is 35.8 Å². The number of aromatic nitrogens is 3. The standard InChI is InChI=1S/C54H68F3N7O7S/c1-10-62-43-16-15-35-25-39(43)41(46(62)40-22-34(27-58-44(40)33(4)68-9)14-13-32(3)61-18-20-69-21-19-61)26-53(5,6)30-71-52(67)47-36-23-37(24-36)63(64(47,7)8)51(66)45(60-49(65)48-31(2)28-70-48)38(12-11-17-54(55,56)57)50-59-42(35)29-72-50/h15-16,22,25,27,29,31-33,36-38,45,47-48H,10-12,17-21,23-24,26,28,30H2,1-9H3/p+1/t31-,32+,33-,36?,37?,38-,45-,47-,48-/m0/s1. The first kappa shape index (κ1) is 52.0. The molecular weight excluding hydrogens is 948 g/mol. The third kappa shape index (κ3) is 10.2. The van der Waals surface area contributed by atoms with Crippen molar-refractivity contribution in [2.75, 3.05) is 60.7 Å². The first-order valence-corrected chi connectivity index (χ1v) is 26.4. The van der Waals surface area contributed by atoms with E-state index in [1.807, 2.05) is 25.3 Å². The summed E-state index contributed by atoms with van der Waals surface area (Å²) in [7, 11) is 5.28. The molecule has 0 spiro atoms. The lowest BCUT2D eigenvalue weighted by Crippen LogP contribution is -2.79. The number of cyclic esters (lactones) is 1. The van der Waals surface area contributed by atoms with Crippen molar-refractivity contribution in [2.45, 2.75) is 135 Å². The Morgan fingerprint density at radius 2 is 1.88 bits per heavy atom. The highest BCUT2D eigenvalue weighted by Gasteiger charge is 2.63. The lowest BCUT2D eigenvalue weighted by molar-refractivity contribution is -1.02. The topological polar surface area (TPSA) is 137 Å². The van der Waals surface area contributed by atoms with Crippen LogP contribution >= 0.6 is 11.3 Å². The van der Waals surface area contributed by atoms with Crippen LogP contribution in [0.5, 0.6) is 0 Å². The molecule has 8 heterocycles. The normalized spacial score (nSPS) is 27.1. The van der Waals surface area contributed by atoms with Crippen molar-refractivity contribution >= 4 is 40.0 Å². The second-order valence-corrected chi connectivity index (χ2v) is 22.7. The predicted octanol–water partition coefficient (Wildman–Crippen LogP) is 8.07. The van der Waals surface area contributed by atoms with Crippen molar-refractivity contribution in [3.05, 3.63) is 57.7 Å². The molecule has 18 heteroatoms. The molecule has 4 aromatic rings. The molecule has 1 N–H and O–H groups in total. The molecule has 0 unspecified atom stereocenters. The molecule has 1 aliphatic carbocycles. The summed E-state index contributed by atoms with van der Waals surface area (Å²) in [6, 6.07) is 5.97. The maximum atomic E-state index is 15.4. The van der Waals surface area contributed by atoms with Gasteiger partial charge >= 0.3 is 12.1 Å². The van der Waals surface area contributed by atoms with Crippen LogP contribution in [-0.4, -0.2) is 144 Å². The Morgan fingerprint density at radius 3 is 2.54 bits per heavy atom. The zero-order valence-electron chi connectivity index (χ0n) is 42.9.